The number of fused-ring (bicyclic) bond motifs is 1. The van der Waals surface area contributed by atoms with Gasteiger partial charge in [-0.3, -0.25) is 4.90 Å². The number of nitrogens with zero attached hydrogens (tertiary/aromatic N) is 1. The Labute approximate surface area is 142 Å². The Morgan fingerprint density at radius 2 is 2.12 bits per heavy atom. The number of hydrogen-bond donors (Lipinski definition) is 2. The zero-order valence-corrected chi connectivity index (χ0v) is 14.3. The molecule has 1 fully saturated rings. The standard InChI is InChI=1S/C19H25NO4/c1-20-8-5-11-9-13(21)17-16-15(11)12(20)3-6-18(16)7-4-14(22)19(10-18,23-2)24-17/h9,12,14,21-22H,3-8,10H2,1-2H3/t12-,14+,18+,19+/m1/s1. The first-order valence-electron chi connectivity index (χ1n) is 9.01. The Balaban J connectivity index is 1.80. The first-order chi connectivity index (χ1) is 11.5. The summed E-state index contributed by atoms with van der Waals surface area (Å²) in [4.78, 5) is 2.43. The highest BCUT2D eigenvalue weighted by molar-refractivity contribution is 5.61. The van der Waals surface area contributed by atoms with Crippen LogP contribution in [-0.2, 0) is 16.6 Å². The largest absolute Gasteiger partial charge is 0.504 e. The third kappa shape index (κ3) is 1.65. The highest BCUT2D eigenvalue weighted by Crippen LogP contribution is 2.63. The second kappa shape index (κ2) is 4.65. The summed E-state index contributed by atoms with van der Waals surface area (Å²) in [6.45, 7) is 1.03. The minimum atomic E-state index is -1.02. The van der Waals surface area contributed by atoms with E-state index in [-0.39, 0.29) is 11.2 Å². The third-order valence-electron chi connectivity index (χ3n) is 7.02. The zero-order valence-electron chi connectivity index (χ0n) is 14.3. The van der Waals surface area contributed by atoms with E-state index >= 15 is 0 Å². The van der Waals surface area contributed by atoms with Gasteiger partial charge in [0.15, 0.2) is 11.5 Å². The number of aliphatic hydroxyl groups excluding tert-OH is 1. The van der Waals surface area contributed by atoms with E-state index in [1.165, 1.54) is 16.7 Å². The number of ether oxygens (including phenoxy) is 2. The van der Waals surface area contributed by atoms with Crippen molar-refractivity contribution in [2.24, 2.45) is 0 Å². The quantitative estimate of drug-likeness (QED) is 0.826. The van der Waals surface area contributed by atoms with E-state index in [4.69, 9.17) is 9.47 Å². The number of hydrogen-bond acceptors (Lipinski definition) is 5. The van der Waals surface area contributed by atoms with Crippen molar-refractivity contribution < 1.29 is 19.7 Å². The molecule has 2 aliphatic carbocycles. The van der Waals surface area contributed by atoms with Gasteiger partial charge in [0.1, 0.15) is 6.10 Å². The molecule has 1 spiro atoms. The van der Waals surface area contributed by atoms with E-state index in [1.807, 2.05) is 6.07 Å². The molecule has 0 unspecified atom stereocenters. The average Bonchev–Trinajstić information content (AvgIpc) is 2.59. The van der Waals surface area contributed by atoms with Gasteiger partial charge < -0.3 is 19.7 Å². The normalized spacial score (nSPS) is 40.0. The summed E-state index contributed by atoms with van der Waals surface area (Å²) < 4.78 is 11.9. The van der Waals surface area contributed by atoms with Crippen LogP contribution in [0.4, 0.5) is 0 Å². The maximum absolute atomic E-state index is 10.7. The molecule has 5 heteroatoms. The fraction of sp³-hybridized carbons (Fsp3) is 0.684. The molecule has 0 radical (unpaired) electrons. The SMILES string of the molecule is CO[C@@]12C[C@]3(CC[C@@H]4c5c(cc(O)c(c53)O1)CCN4C)CC[C@@H]2O. The smallest absolute Gasteiger partial charge is 0.237 e. The molecule has 1 saturated carbocycles. The van der Waals surface area contributed by atoms with Crippen LogP contribution in [0.1, 0.15) is 54.8 Å². The second-order valence-corrected chi connectivity index (χ2v) is 8.09. The van der Waals surface area contributed by atoms with Crippen LogP contribution in [-0.4, -0.2) is 47.7 Å². The lowest BCUT2D eigenvalue weighted by Crippen LogP contribution is -2.61. The molecule has 4 aliphatic rings. The number of rotatable bonds is 1. The fourth-order valence-corrected chi connectivity index (χ4v) is 5.78. The molecule has 5 rings (SSSR count). The van der Waals surface area contributed by atoms with Crippen molar-refractivity contribution in [3.8, 4) is 11.5 Å². The number of benzene rings is 1. The fourth-order valence-electron chi connectivity index (χ4n) is 5.78. The number of phenolic OH excluding ortho intramolecular Hbond substituents is 1. The molecule has 2 aliphatic heterocycles. The Morgan fingerprint density at radius 3 is 2.92 bits per heavy atom. The third-order valence-corrected chi connectivity index (χ3v) is 7.02. The summed E-state index contributed by atoms with van der Waals surface area (Å²) in [5, 5.41) is 21.2. The predicted molar refractivity (Wildman–Crippen MR) is 88.3 cm³/mol. The molecule has 2 heterocycles. The van der Waals surface area contributed by atoms with Gasteiger partial charge in [-0.25, -0.2) is 0 Å². The Morgan fingerprint density at radius 1 is 1.33 bits per heavy atom. The Hall–Kier alpha value is -1.30. The number of aromatic hydroxyl groups is 1. The lowest BCUT2D eigenvalue weighted by atomic mass is 9.57. The van der Waals surface area contributed by atoms with Crippen LogP contribution in [0.2, 0.25) is 0 Å². The summed E-state index contributed by atoms with van der Waals surface area (Å²) in [7, 11) is 3.79. The lowest BCUT2D eigenvalue weighted by Gasteiger charge is -2.57. The molecule has 24 heavy (non-hydrogen) atoms. The van der Waals surface area contributed by atoms with Crippen LogP contribution >= 0.6 is 0 Å². The first kappa shape index (κ1) is 15.0. The maximum Gasteiger partial charge on any atom is 0.237 e. The van der Waals surface area contributed by atoms with Crippen molar-refractivity contribution >= 4 is 0 Å². The number of likely N-dealkylation sites (N-methyl/N-ethyl adjacent to an activating group) is 1. The number of methoxy groups -OCH3 is 1. The molecule has 0 aromatic heterocycles. The summed E-state index contributed by atoms with van der Waals surface area (Å²) in [5.41, 5.74) is 3.82. The zero-order chi connectivity index (χ0) is 16.7. The first-order valence-corrected chi connectivity index (χ1v) is 9.01. The molecular formula is C19H25NO4. The monoisotopic (exact) mass is 331 g/mol. The van der Waals surface area contributed by atoms with Crippen molar-refractivity contribution in [1.82, 2.24) is 4.90 Å². The van der Waals surface area contributed by atoms with E-state index in [0.717, 1.165) is 32.2 Å². The molecule has 4 atom stereocenters. The van der Waals surface area contributed by atoms with Crippen LogP contribution in [0.5, 0.6) is 11.5 Å². The van der Waals surface area contributed by atoms with Gasteiger partial charge in [-0.2, -0.15) is 0 Å². The summed E-state index contributed by atoms with van der Waals surface area (Å²) in [5.74, 6) is -0.265. The van der Waals surface area contributed by atoms with Crippen molar-refractivity contribution in [3.63, 3.8) is 0 Å². The molecule has 5 nitrogen and oxygen atoms in total. The van der Waals surface area contributed by atoms with Crippen LogP contribution in [0, 0.1) is 0 Å². The van der Waals surface area contributed by atoms with Gasteiger partial charge in [0, 0.05) is 37.1 Å². The van der Waals surface area contributed by atoms with Crippen LogP contribution in [0.15, 0.2) is 6.07 Å². The number of aliphatic hydroxyl groups is 1. The van der Waals surface area contributed by atoms with Crippen molar-refractivity contribution in [2.45, 2.75) is 61.9 Å². The van der Waals surface area contributed by atoms with Gasteiger partial charge in [0.25, 0.3) is 0 Å². The van der Waals surface area contributed by atoms with Gasteiger partial charge >= 0.3 is 0 Å². The highest BCUT2D eigenvalue weighted by atomic mass is 16.7. The second-order valence-electron chi connectivity index (χ2n) is 8.09. The Kier molecular flexibility index (Phi) is 2.91. The van der Waals surface area contributed by atoms with Crippen molar-refractivity contribution in [1.29, 1.82) is 0 Å². The molecule has 1 aromatic carbocycles. The molecule has 130 valence electrons. The maximum atomic E-state index is 10.7. The topological polar surface area (TPSA) is 62.2 Å². The molecule has 0 amide bonds. The number of phenols is 1. The van der Waals surface area contributed by atoms with Crippen molar-refractivity contribution in [2.75, 3.05) is 20.7 Å². The lowest BCUT2D eigenvalue weighted by molar-refractivity contribution is -0.262. The van der Waals surface area contributed by atoms with Crippen LogP contribution in [0.25, 0.3) is 0 Å². The van der Waals surface area contributed by atoms with E-state index < -0.39 is 11.9 Å². The molecule has 2 N–H and O–H groups in total. The van der Waals surface area contributed by atoms with E-state index in [1.54, 1.807) is 7.11 Å². The van der Waals surface area contributed by atoms with Crippen LogP contribution < -0.4 is 4.74 Å². The minimum absolute atomic E-state index is 0.0413. The van der Waals surface area contributed by atoms with Gasteiger partial charge in [-0.15, -0.1) is 0 Å². The molecule has 0 saturated heterocycles. The molecule has 1 aromatic rings. The van der Waals surface area contributed by atoms with Gasteiger partial charge in [-0.05, 0) is 56.3 Å². The summed E-state index contributed by atoms with van der Waals surface area (Å²) >= 11 is 0. The predicted octanol–water partition coefficient (Wildman–Crippen LogP) is 2.23. The molecule has 2 bridgehead atoms. The van der Waals surface area contributed by atoms with Gasteiger partial charge in [0.05, 0.1) is 0 Å². The minimum Gasteiger partial charge on any atom is -0.504 e. The van der Waals surface area contributed by atoms with E-state index in [9.17, 15) is 10.2 Å². The van der Waals surface area contributed by atoms with E-state index in [2.05, 4.69) is 11.9 Å². The van der Waals surface area contributed by atoms with E-state index in [0.29, 0.717) is 24.6 Å². The average molecular weight is 331 g/mol. The summed E-state index contributed by atoms with van der Waals surface area (Å²) in [6.07, 6.45) is 4.79. The highest BCUT2D eigenvalue weighted by Gasteiger charge is 2.60. The van der Waals surface area contributed by atoms with Gasteiger partial charge in [0.2, 0.25) is 5.79 Å². The van der Waals surface area contributed by atoms with Crippen LogP contribution in [0.3, 0.4) is 0 Å². The van der Waals surface area contributed by atoms with Crippen molar-refractivity contribution in [3.05, 3.63) is 22.8 Å². The Bertz CT molecular complexity index is 720. The molecular weight excluding hydrogens is 306 g/mol. The van der Waals surface area contributed by atoms with Gasteiger partial charge in [-0.1, -0.05) is 0 Å². The summed E-state index contributed by atoms with van der Waals surface area (Å²) in [6, 6.07) is 2.29.